The molecule has 0 spiro atoms. The van der Waals surface area contributed by atoms with E-state index < -0.39 is 11.6 Å². The molecule has 3 aromatic carbocycles. The number of methoxy groups -OCH3 is 2. The third kappa shape index (κ3) is 3.83. The summed E-state index contributed by atoms with van der Waals surface area (Å²) in [6.45, 7) is 0.172. The number of aromatic nitrogens is 1. The maximum Gasteiger partial charge on any atom is 0.164 e. The van der Waals surface area contributed by atoms with E-state index in [9.17, 15) is 8.78 Å². The van der Waals surface area contributed by atoms with Gasteiger partial charge in [-0.05, 0) is 29.8 Å². The SMILES string of the molecule is COc1cccc(C(CNc2c(F)cc(C#N)cc2F)c2c[nH]c3ccccc23)c1OC. The minimum Gasteiger partial charge on any atom is -0.493 e. The molecule has 1 aromatic heterocycles. The Kier molecular flexibility index (Phi) is 5.95. The summed E-state index contributed by atoms with van der Waals surface area (Å²) in [7, 11) is 3.11. The molecule has 162 valence electrons. The Hall–Kier alpha value is -4.05. The Balaban J connectivity index is 1.81. The van der Waals surface area contributed by atoms with Gasteiger partial charge in [0.15, 0.2) is 23.1 Å². The number of hydrogen-bond donors (Lipinski definition) is 2. The first-order valence-electron chi connectivity index (χ1n) is 9.97. The van der Waals surface area contributed by atoms with Gasteiger partial charge in [-0.1, -0.05) is 30.3 Å². The van der Waals surface area contributed by atoms with Gasteiger partial charge in [-0.2, -0.15) is 5.26 Å². The van der Waals surface area contributed by atoms with Gasteiger partial charge in [-0.15, -0.1) is 0 Å². The fraction of sp³-hybridized carbons (Fsp3) is 0.160. The summed E-state index contributed by atoms with van der Waals surface area (Å²) in [4.78, 5) is 3.26. The number of halogens is 2. The summed E-state index contributed by atoms with van der Waals surface area (Å²) in [6, 6.07) is 17.2. The lowest BCUT2D eigenvalue weighted by atomic mass is 9.89. The Bertz CT molecular complexity index is 1290. The number of H-pyrrole nitrogens is 1. The second kappa shape index (κ2) is 8.98. The van der Waals surface area contributed by atoms with Gasteiger partial charge in [0.05, 0.1) is 25.9 Å². The number of nitriles is 1. The van der Waals surface area contributed by atoms with Crippen molar-refractivity contribution in [1.29, 1.82) is 5.26 Å². The maximum absolute atomic E-state index is 14.5. The van der Waals surface area contributed by atoms with Crippen molar-refractivity contribution in [2.75, 3.05) is 26.1 Å². The average Bonchev–Trinajstić information content (AvgIpc) is 3.24. The van der Waals surface area contributed by atoms with Crippen LogP contribution in [0, 0.1) is 23.0 Å². The molecule has 2 N–H and O–H groups in total. The van der Waals surface area contributed by atoms with Gasteiger partial charge in [-0.25, -0.2) is 8.78 Å². The summed E-state index contributed by atoms with van der Waals surface area (Å²) in [6.07, 6.45) is 1.89. The number of rotatable bonds is 7. The van der Waals surface area contributed by atoms with Gasteiger partial charge in [0, 0.05) is 35.1 Å². The zero-order valence-electron chi connectivity index (χ0n) is 17.6. The predicted octanol–water partition coefficient (Wildman–Crippen LogP) is 5.58. The molecule has 4 rings (SSSR count). The third-order valence-corrected chi connectivity index (χ3v) is 5.46. The molecule has 0 aliphatic carbocycles. The van der Waals surface area contributed by atoms with E-state index in [2.05, 4.69) is 10.3 Å². The first-order chi connectivity index (χ1) is 15.6. The van der Waals surface area contributed by atoms with Crippen molar-refractivity contribution in [3.8, 4) is 17.6 Å². The number of para-hydroxylation sites is 2. The van der Waals surface area contributed by atoms with Crippen LogP contribution in [-0.2, 0) is 0 Å². The van der Waals surface area contributed by atoms with Crippen molar-refractivity contribution in [2.45, 2.75) is 5.92 Å². The molecule has 0 radical (unpaired) electrons. The Morgan fingerprint density at radius 3 is 2.44 bits per heavy atom. The maximum atomic E-state index is 14.5. The van der Waals surface area contributed by atoms with E-state index >= 15 is 0 Å². The predicted molar refractivity (Wildman–Crippen MR) is 119 cm³/mol. The van der Waals surface area contributed by atoms with E-state index in [4.69, 9.17) is 14.7 Å². The topological polar surface area (TPSA) is 70.1 Å². The number of nitrogens with zero attached hydrogens (tertiary/aromatic N) is 1. The van der Waals surface area contributed by atoms with Crippen LogP contribution in [0.2, 0.25) is 0 Å². The molecule has 0 aliphatic heterocycles. The molecule has 7 heteroatoms. The smallest absolute Gasteiger partial charge is 0.164 e. The molecule has 0 saturated heterocycles. The fourth-order valence-electron chi connectivity index (χ4n) is 3.97. The monoisotopic (exact) mass is 433 g/mol. The van der Waals surface area contributed by atoms with Gasteiger partial charge < -0.3 is 19.8 Å². The van der Waals surface area contributed by atoms with Gasteiger partial charge in [0.2, 0.25) is 0 Å². The van der Waals surface area contributed by atoms with Crippen LogP contribution in [0.1, 0.15) is 22.6 Å². The van der Waals surface area contributed by atoms with Crippen LogP contribution < -0.4 is 14.8 Å². The van der Waals surface area contributed by atoms with Crippen LogP contribution >= 0.6 is 0 Å². The Labute approximate surface area is 184 Å². The summed E-state index contributed by atoms with van der Waals surface area (Å²) in [5.41, 5.74) is 2.33. The number of benzene rings is 3. The number of aromatic amines is 1. The van der Waals surface area contributed by atoms with Crippen molar-refractivity contribution >= 4 is 16.6 Å². The quantitative estimate of drug-likeness (QED) is 0.399. The highest BCUT2D eigenvalue weighted by Gasteiger charge is 2.24. The molecule has 4 aromatic rings. The average molecular weight is 433 g/mol. The van der Waals surface area contributed by atoms with Gasteiger partial charge >= 0.3 is 0 Å². The molecular formula is C25H21F2N3O2. The van der Waals surface area contributed by atoms with E-state index in [0.29, 0.717) is 11.5 Å². The van der Waals surface area contributed by atoms with E-state index in [1.807, 2.05) is 42.6 Å². The normalized spacial score (nSPS) is 11.7. The molecular weight excluding hydrogens is 412 g/mol. The minimum absolute atomic E-state index is 0.0757. The molecule has 32 heavy (non-hydrogen) atoms. The minimum atomic E-state index is -0.822. The number of ether oxygens (including phenoxy) is 2. The molecule has 1 heterocycles. The third-order valence-electron chi connectivity index (χ3n) is 5.46. The van der Waals surface area contributed by atoms with E-state index in [0.717, 1.165) is 34.2 Å². The van der Waals surface area contributed by atoms with E-state index in [-0.39, 0.29) is 23.7 Å². The first kappa shape index (κ1) is 21.2. The molecule has 1 atom stereocenters. The van der Waals surface area contributed by atoms with Crippen LogP contribution in [0.15, 0.2) is 60.8 Å². The highest BCUT2D eigenvalue weighted by molar-refractivity contribution is 5.84. The molecule has 0 bridgehead atoms. The Morgan fingerprint density at radius 1 is 1.00 bits per heavy atom. The molecule has 1 unspecified atom stereocenters. The molecule has 0 aliphatic rings. The van der Waals surface area contributed by atoms with Crippen molar-refractivity contribution in [3.63, 3.8) is 0 Å². The number of fused-ring (bicyclic) bond motifs is 1. The highest BCUT2D eigenvalue weighted by atomic mass is 19.1. The summed E-state index contributed by atoms with van der Waals surface area (Å²) in [5, 5.41) is 12.8. The van der Waals surface area contributed by atoms with Gasteiger partial charge in [0.25, 0.3) is 0 Å². The summed E-state index contributed by atoms with van der Waals surface area (Å²) >= 11 is 0. The molecule has 0 amide bonds. The summed E-state index contributed by atoms with van der Waals surface area (Å²) < 4.78 is 40.1. The lowest BCUT2D eigenvalue weighted by molar-refractivity contribution is 0.350. The van der Waals surface area contributed by atoms with Crippen LogP contribution in [-0.4, -0.2) is 25.7 Å². The Morgan fingerprint density at radius 2 is 1.75 bits per heavy atom. The van der Waals surface area contributed by atoms with Crippen LogP contribution in [0.3, 0.4) is 0 Å². The largest absolute Gasteiger partial charge is 0.493 e. The van der Waals surface area contributed by atoms with Gasteiger partial charge in [-0.3, -0.25) is 0 Å². The number of hydrogen-bond acceptors (Lipinski definition) is 4. The second-order valence-electron chi connectivity index (χ2n) is 7.23. The lowest BCUT2D eigenvalue weighted by Gasteiger charge is -2.22. The first-order valence-corrected chi connectivity index (χ1v) is 9.97. The molecule has 5 nitrogen and oxygen atoms in total. The second-order valence-corrected chi connectivity index (χ2v) is 7.23. The van der Waals surface area contributed by atoms with E-state index in [1.54, 1.807) is 26.4 Å². The van der Waals surface area contributed by atoms with Crippen molar-refractivity contribution < 1.29 is 18.3 Å². The fourth-order valence-corrected chi connectivity index (χ4v) is 3.97. The van der Waals surface area contributed by atoms with Crippen LogP contribution in [0.25, 0.3) is 10.9 Å². The van der Waals surface area contributed by atoms with Crippen molar-refractivity contribution in [1.82, 2.24) is 4.98 Å². The van der Waals surface area contributed by atoms with Crippen LogP contribution in [0.4, 0.5) is 14.5 Å². The van der Waals surface area contributed by atoms with E-state index in [1.165, 1.54) is 0 Å². The van der Waals surface area contributed by atoms with Crippen LogP contribution in [0.5, 0.6) is 11.5 Å². The van der Waals surface area contributed by atoms with Crippen molar-refractivity contribution in [3.05, 3.63) is 89.1 Å². The zero-order chi connectivity index (χ0) is 22.7. The number of anilines is 1. The molecule has 0 fully saturated rings. The van der Waals surface area contributed by atoms with Crippen molar-refractivity contribution in [2.24, 2.45) is 0 Å². The number of nitrogens with one attached hydrogen (secondary N) is 2. The molecule has 0 saturated carbocycles. The summed E-state index contributed by atoms with van der Waals surface area (Å²) in [5.74, 6) is -0.863. The lowest BCUT2D eigenvalue weighted by Crippen LogP contribution is -2.16. The highest BCUT2D eigenvalue weighted by Crippen LogP contribution is 2.40. The standard InChI is InChI=1S/C25H21F2N3O2/c1-31-23-9-5-7-17(25(23)32-2)19(18-13-29-22-8-4-3-6-16(18)22)14-30-24-20(26)10-15(12-28)11-21(24)27/h3-11,13,19,29-30H,14H2,1-2H3. The van der Waals surface area contributed by atoms with Gasteiger partial charge in [0.1, 0.15) is 5.69 Å². The zero-order valence-corrected chi connectivity index (χ0v) is 17.6.